The van der Waals surface area contributed by atoms with Gasteiger partial charge in [-0.1, -0.05) is 30.3 Å². The molecule has 1 spiro atoms. The molecule has 136 valence electrons. The SMILES string of the molecule is CCN1CC2(CCN(C(=O)CCN)CC2)C[C@@H](c2ccccc2)C1=O. The summed E-state index contributed by atoms with van der Waals surface area (Å²) in [4.78, 5) is 29.0. The smallest absolute Gasteiger partial charge is 0.230 e. The first-order chi connectivity index (χ1) is 12.1. The van der Waals surface area contributed by atoms with Crippen LogP contribution in [0.15, 0.2) is 30.3 Å². The molecule has 5 heteroatoms. The first kappa shape index (κ1) is 17.9. The molecule has 0 radical (unpaired) electrons. The van der Waals surface area contributed by atoms with Crippen LogP contribution in [0.3, 0.4) is 0 Å². The van der Waals surface area contributed by atoms with Crippen molar-refractivity contribution in [3.8, 4) is 0 Å². The Hall–Kier alpha value is -1.88. The summed E-state index contributed by atoms with van der Waals surface area (Å²) in [6, 6.07) is 10.1. The highest BCUT2D eigenvalue weighted by Gasteiger charge is 2.46. The zero-order valence-electron chi connectivity index (χ0n) is 15.1. The van der Waals surface area contributed by atoms with E-state index in [1.807, 2.05) is 28.0 Å². The van der Waals surface area contributed by atoms with E-state index in [-0.39, 0.29) is 23.1 Å². The molecular formula is C20H29N3O2. The van der Waals surface area contributed by atoms with Gasteiger partial charge in [-0.2, -0.15) is 0 Å². The van der Waals surface area contributed by atoms with Crippen molar-refractivity contribution in [2.75, 3.05) is 32.7 Å². The van der Waals surface area contributed by atoms with Crippen molar-refractivity contribution in [3.05, 3.63) is 35.9 Å². The number of nitrogens with zero attached hydrogens (tertiary/aromatic N) is 2. The number of carbonyl (C=O) groups excluding carboxylic acids is 2. The van der Waals surface area contributed by atoms with Gasteiger partial charge in [-0.15, -0.1) is 0 Å². The van der Waals surface area contributed by atoms with Crippen LogP contribution in [0.1, 0.15) is 44.1 Å². The predicted molar refractivity (Wildman–Crippen MR) is 98.0 cm³/mol. The van der Waals surface area contributed by atoms with E-state index in [0.717, 1.165) is 51.0 Å². The minimum Gasteiger partial charge on any atom is -0.343 e. The summed E-state index contributed by atoms with van der Waals surface area (Å²) in [6.07, 6.45) is 3.26. The largest absolute Gasteiger partial charge is 0.343 e. The van der Waals surface area contributed by atoms with Crippen LogP contribution in [0, 0.1) is 5.41 Å². The quantitative estimate of drug-likeness (QED) is 0.909. The molecule has 1 aromatic carbocycles. The van der Waals surface area contributed by atoms with Gasteiger partial charge in [0.2, 0.25) is 11.8 Å². The summed E-state index contributed by atoms with van der Waals surface area (Å²) in [5, 5.41) is 0. The van der Waals surface area contributed by atoms with Crippen LogP contribution in [0.2, 0.25) is 0 Å². The summed E-state index contributed by atoms with van der Waals surface area (Å²) < 4.78 is 0. The molecular weight excluding hydrogens is 314 g/mol. The molecule has 0 bridgehead atoms. The molecule has 0 saturated carbocycles. The van der Waals surface area contributed by atoms with Gasteiger partial charge in [-0.3, -0.25) is 9.59 Å². The maximum absolute atomic E-state index is 12.9. The van der Waals surface area contributed by atoms with Crippen LogP contribution in [0.25, 0.3) is 0 Å². The van der Waals surface area contributed by atoms with Crippen molar-refractivity contribution in [2.24, 2.45) is 11.1 Å². The monoisotopic (exact) mass is 343 g/mol. The summed E-state index contributed by atoms with van der Waals surface area (Å²) in [5.74, 6) is 0.360. The topological polar surface area (TPSA) is 66.6 Å². The van der Waals surface area contributed by atoms with Gasteiger partial charge in [0.15, 0.2) is 0 Å². The molecule has 2 saturated heterocycles. The summed E-state index contributed by atoms with van der Waals surface area (Å²) >= 11 is 0. The van der Waals surface area contributed by atoms with Gasteiger partial charge in [-0.05, 0) is 37.2 Å². The third kappa shape index (κ3) is 3.71. The second-order valence-electron chi connectivity index (χ2n) is 7.44. The van der Waals surface area contributed by atoms with Crippen molar-refractivity contribution in [3.63, 3.8) is 0 Å². The Morgan fingerprint density at radius 1 is 1.24 bits per heavy atom. The van der Waals surface area contributed by atoms with Crippen LogP contribution in [0.5, 0.6) is 0 Å². The minimum atomic E-state index is -0.0545. The van der Waals surface area contributed by atoms with E-state index in [1.54, 1.807) is 0 Å². The molecule has 0 aliphatic carbocycles. The van der Waals surface area contributed by atoms with E-state index >= 15 is 0 Å². The molecule has 2 fully saturated rings. The Morgan fingerprint density at radius 2 is 1.92 bits per heavy atom. The molecule has 2 aliphatic rings. The van der Waals surface area contributed by atoms with Crippen LogP contribution in [0.4, 0.5) is 0 Å². The van der Waals surface area contributed by atoms with E-state index in [0.29, 0.717) is 13.0 Å². The highest BCUT2D eigenvalue weighted by atomic mass is 16.2. The highest BCUT2D eigenvalue weighted by molar-refractivity contribution is 5.85. The summed E-state index contributed by atoms with van der Waals surface area (Å²) in [5.41, 5.74) is 6.76. The van der Waals surface area contributed by atoms with Crippen molar-refractivity contribution in [1.82, 2.24) is 9.80 Å². The summed E-state index contributed by atoms with van der Waals surface area (Å²) in [6.45, 7) is 5.61. The number of likely N-dealkylation sites (N-methyl/N-ethyl adjacent to an activating group) is 1. The zero-order valence-corrected chi connectivity index (χ0v) is 15.1. The number of hydrogen-bond acceptors (Lipinski definition) is 3. The molecule has 2 amide bonds. The van der Waals surface area contributed by atoms with Crippen molar-refractivity contribution in [2.45, 2.75) is 38.5 Å². The van der Waals surface area contributed by atoms with Crippen LogP contribution >= 0.6 is 0 Å². The van der Waals surface area contributed by atoms with Gasteiger partial charge >= 0.3 is 0 Å². The lowest BCUT2D eigenvalue weighted by molar-refractivity contribution is -0.144. The molecule has 0 aromatic heterocycles. The van der Waals surface area contributed by atoms with Crippen molar-refractivity contribution < 1.29 is 9.59 Å². The minimum absolute atomic E-state index is 0.0545. The molecule has 1 aromatic rings. The number of piperidine rings is 2. The molecule has 0 unspecified atom stereocenters. The Labute approximate surface area is 150 Å². The van der Waals surface area contributed by atoms with Crippen molar-refractivity contribution >= 4 is 11.8 Å². The lowest BCUT2D eigenvalue weighted by atomic mass is 9.67. The number of benzene rings is 1. The molecule has 25 heavy (non-hydrogen) atoms. The predicted octanol–water partition coefficient (Wildman–Crippen LogP) is 1.98. The number of likely N-dealkylation sites (tertiary alicyclic amines) is 2. The number of amides is 2. The third-order valence-corrected chi connectivity index (χ3v) is 5.89. The van der Waals surface area contributed by atoms with Crippen LogP contribution < -0.4 is 5.73 Å². The Bertz CT molecular complexity index is 609. The molecule has 1 atom stereocenters. The molecule has 2 N–H and O–H groups in total. The second kappa shape index (κ2) is 7.56. The van der Waals surface area contributed by atoms with E-state index in [2.05, 4.69) is 19.1 Å². The molecule has 2 aliphatic heterocycles. The molecule has 3 rings (SSSR count). The maximum atomic E-state index is 12.9. The van der Waals surface area contributed by atoms with E-state index in [1.165, 1.54) is 0 Å². The van der Waals surface area contributed by atoms with E-state index in [9.17, 15) is 9.59 Å². The number of hydrogen-bond donors (Lipinski definition) is 1. The van der Waals surface area contributed by atoms with Gasteiger partial charge < -0.3 is 15.5 Å². The van der Waals surface area contributed by atoms with Crippen molar-refractivity contribution in [1.29, 1.82) is 0 Å². The highest BCUT2D eigenvalue weighted by Crippen LogP contribution is 2.45. The average molecular weight is 343 g/mol. The third-order valence-electron chi connectivity index (χ3n) is 5.89. The van der Waals surface area contributed by atoms with Crippen LogP contribution in [-0.4, -0.2) is 54.3 Å². The first-order valence-electron chi connectivity index (χ1n) is 9.40. The molecule has 2 heterocycles. The summed E-state index contributed by atoms with van der Waals surface area (Å²) in [7, 11) is 0. The Morgan fingerprint density at radius 3 is 2.52 bits per heavy atom. The lowest BCUT2D eigenvalue weighted by Gasteiger charge is -2.49. The van der Waals surface area contributed by atoms with E-state index < -0.39 is 0 Å². The van der Waals surface area contributed by atoms with Gasteiger partial charge in [-0.25, -0.2) is 0 Å². The Kier molecular flexibility index (Phi) is 5.42. The number of carbonyl (C=O) groups is 2. The van der Waals surface area contributed by atoms with Gasteiger partial charge in [0.05, 0.1) is 5.92 Å². The van der Waals surface area contributed by atoms with Gasteiger partial charge in [0, 0.05) is 39.1 Å². The maximum Gasteiger partial charge on any atom is 0.230 e. The zero-order chi connectivity index (χ0) is 17.9. The van der Waals surface area contributed by atoms with Crippen LogP contribution in [-0.2, 0) is 9.59 Å². The lowest BCUT2D eigenvalue weighted by Crippen LogP contribution is -2.54. The van der Waals surface area contributed by atoms with Gasteiger partial charge in [0.25, 0.3) is 0 Å². The average Bonchev–Trinajstić information content (AvgIpc) is 2.65. The van der Waals surface area contributed by atoms with E-state index in [4.69, 9.17) is 5.73 Å². The number of rotatable bonds is 4. The standard InChI is InChI=1S/C20H29N3O2/c1-2-22-15-20(9-12-23(13-10-20)18(24)8-11-21)14-17(19(22)25)16-6-4-3-5-7-16/h3-7,17H,2,8-15,21H2,1H3/t17-/m0/s1. The molecule has 5 nitrogen and oxygen atoms in total. The number of nitrogens with two attached hydrogens (primary N) is 1. The fourth-order valence-corrected chi connectivity index (χ4v) is 4.38. The first-order valence-corrected chi connectivity index (χ1v) is 9.40. The second-order valence-corrected chi connectivity index (χ2v) is 7.44. The normalized spacial score (nSPS) is 23.1. The fraction of sp³-hybridized carbons (Fsp3) is 0.600. The van der Waals surface area contributed by atoms with Gasteiger partial charge in [0.1, 0.15) is 0 Å². The Balaban J connectivity index is 1.76. The fourth-order valence-electron chi connectivity index (χ4n) is 4.38.